The van der Waals surface area contributed by atoms with E-state index >= 15 is 0 Å². The van der Waals surface area contributed by atoms with Crippen molar-refractivity contribution in [2.75, 3.05) is 17.2 Å². The molecule has 1 fully saturated rings. The third kappa shape index (κ3) is 4.87. The standard InChI is InChI=1S/C28H24BClFN9/c1-39-21(9-11-35-39)8-10-33-26-17(14-32)15-34-27-23(26)12-20(13-24(27)30)36-28(29,18-2-4-19(31)5-3-18)25-16-40(38-37-25)22-6-7-22/h2-5,9,11-13,15-16,22,36H,6-8,10H2,1H3,(H,33,34). The van der Waals surface area contributed by atoms with Crippen molar-refractivity contribution in [2.45, 2.75) is 30.7 Å². The molecule has 0 amide bonds. The molecule has 0 spiro atoms. The normalized spacial score (nSPS) is 14.6. The maximum absolute atomic E-state index is 13.8. The Kier molecular flexibility index (Phi) is 6.64. The van der Waals surface area contributed by atoms with Crippen LogP contribution >= 0.6 is 11.6 Å². The van der Waals surface area contributed by atoms with Gasteiger partial charge in [0.05, 0.1) is 39.5 Å². The van der Waals surface area contributed by atoms with Gasteiger partial charge >= 0.3 is 0 Å². The van der Waals surface area contributed by atoms with Crippen LogP contribution in [0.2, 0.25) is 5.02 Å². The second-order valence-electron chi connectivity index (χ2n) is 9.89. The smallest absolute Gasteiger partial charge is 0.123 e. The average molecular weight is 552 g/mol. The monoisotopic (exact) mass is 551 g/mol. The second-order valence-corrected chi connectivity index (χ2v) is 10.3. The highest BCUT2D eigenvalue weighted by atomic mass is 35.5. The van der Waals surface area contributed by atoms with Crippen LogP contribution in [0.1, 0.15) is 41.4 Å². The summed E-state index contributed by atoms with van der Waals surface area (Å²) in [6, 6.07) is 14.0. The van der Waals surface area contributed by atoms with Gasteiger partial charge < -0.3 is 10.6 Å². The van der Waals surface area contributed by atoms with Crippen LogP contribution in [0.4, 0.5) is 15.8 Å². The number of halogens is 2. The molecule has 3 aromatic heterocycles. The molecule has 3 heterocycles. The summed E-state index contributed by atoms with van der Waals surface area (Å²) >= 11 is 6.71. The summed E-state index contributed by atoms with van der Waals surface area (Å²) in [5, 5.41) is 30.5. The van der Waals surface area contributed by atoms with Crippen molar-refractivity contribution in [2.24, 2.45) is 7.05 Å². The van der Waals surface area contributed by atoms with E-state index in [4.69, 9.17) is 19.4 Å². The van der Waals surface area contributed by atoms with Gasteiger partial charge in [0, 0.05) is 49.2 Å². The van der Waals surface area contributed by atoms with Gasteiger partial charge in [0.25, 0.3) is 0 Å². The van der Waals surface area contributed by atoms with Gasteiger partial charge in [-0.05, 0) is 48.7 Å². The van der Waals surface area contributed by atoms with Gasteiger partial charge in [-0.3, -0.25) is 9.67 Å². The lowest BCUT2D eigenvalue weighted by molar-refractivity contribution is 0.610. The van der Waals surface area contributed by atoms with E-state index in [0.29, 0.717) is 63.1 Å². The van der Waals surface area contributed by atoms with E-state index in [2.05, 4.69) is 37.1 Å². The van der Waals surface area contributed by atoms with Gasteiger partial charge in [-0.2, -0.15) is 10.4 Å². The minimum atomic E-state index is -1.36. The number of aryl methyl sites for hydroxylation is 1. The zero-order valence-corrected chi connectivity index (χ0v) is 22.4. The maximum atomic E-state index is 13.8. The van der Waals surface area contributed by atoms with Gasteiger partial charge in [-0.25, -0.2) is 9.07 Å². The van der Waals surface area contributed by atoms with Crippen LogP contribution < -0.4 is 10.6 Å². The van der Waals surface area contributed by atoms with E-state index < -0.39 is 5.44 Å². The van der Waals surface area contributed by atoms with Crippen LogP contribution in [-0.2, 0) is 18.9 Å². The molecular weight excluding hydrogens is 528 g/mol. The van der Waals surface area contributed by atoms with Crippen LogP contribution in [0.5, 0.6) is 0 Å². The first kappa shape index (κ1) is 25.8. The minimum Gasteiger partial charge on any atom is -0.383 e. The van der Waals surface area contributed by atoms with Crippen molar-refractivity contribution in [3.63, 3.8) is 0 Å². The Morgan fingerprint density at radius 2 is 2.02 bits per heavy atom. The molecule has 2 aromatic carbocycles. The van der Waals surface area contributed by atoms with Crippen molar-refractivity contribution < 1.29 is 4.39 Å². The SMILES string of the molecule is [B]C(Nc1cc(Cl)c2ncc(C#N)c(NCCc3ccnn3C)c2c1)(c1ccc(F)cc1)c1cn(C2CC2)nn1. The number of hydrogen-bond donors (Lipinski definition) is 2. The molecule has 1 unspecified atom stereocenters. The number of nitriles is 1. The fraction of sp³-hybridized carbons (Fsp3) is 0.250. The van der Waals surface area contributed by atoms with E-state index in [0.717, 1.165) is 18.5 Å². The predicted octanol–water partition coefficient (Wildman–Crippen LogP) is 4.70. The van der Waals surface area contributed by atoms with E-state index in [1.165, 1.54) is 18.3 Å². The van der Waals surface area contributed by atoms with Crippen LogP contribution in [0.3, 0.4) is 0 Å². The Morgan fingerprint density at radius 1 is 1.23 bits per heavy atom. The quantitative estimate of drug-likeness (QED) is 0.256. The zero-order valence-electron chi connectivity index (χ0n) is 21.6. The molecule has 198 valence electrons. The molecule has 40 heavy (non-hydrogen) atoms. The van der Waals surface area contributed by atoms with Crippen molar-refractivity contribution >= 4 is 41.7 Å². The lowest BCUT2D eigenvalue weighted by atomic mass is 9.69. The Bertz CT molecular complexity index is 1740. The molecule has 1 aliphatic rings. The van der Waals surface area contributed by atoms with E-state index in [-0.39, 0.29) is 5.82 Å². The number of nitrogens with one attached hydrogen (secondary N) is 2. The first-order valence-electron chi connectivity index (χ1n) is 12.8. The number of fused-ring (bicyclic) bond motifs is 1. The number of pyridine rings is 1. The molecule has 0 saturated heterocycles. The third-order valence-corrected chi connectivity index (χ3v) is 7.42. The van der Waals surface area contributed by atoms with Crippen molar-refractivity contribution in [3.8, 4) is 6.07 Å². The molecule has 0 aliphatic heterocycles. The first-order chi connectivity index (χ1) is 19.4. The average Bonchev–Trinajstić information content (AvgIpc) is 3.52. The van der Waals surface area contributed by atoms with Gasteiger partial charge in [0.2, 0.25) is 0 Å². The third-order valence-electron chi connectivity index (χ3n) is 7.13. The van der Waals surface area contributed by atoms with Gasteiger partial charge in [-0.1, -0.05) is 28.9 Å². The molecule has 1 aliphatic carbocycles. The molecule has 9 nitrogen and oxygen atoms in total. The summed E-state index contributed by atoms with van der Waals surface area (Å²) in [6.07, 6.45) is 7.85. The number of anilines is 2. The topological polar surface area (TPSA) is 109 Å². The summed E-state index contributed by atoms with van der Waals surface area (Å²) in [6.45, 7) is 0.559. The lowest BCUT2D eigenvalue weighted by Crippen LogP contribution is -2.37. The fourth-order valence-electron chi connectivity index (χ4n) is 4.77. The van der Waals surface area contributed by atoms with Gasteiger partial charge in [0.15, 0.2) is 0 Å². The predicted molar refractivity (Wildman–Crippen MR) is 152 cm³/mol. The highest BCUT2D eigenvalue weighted by Gasteiger charge is 2.34. The zero-order chi connectivity index (χ0) is 27.9. The van der Waals surface area contributed by atoms with Crippen LogP contribution in [-0.4, -0.2) is 44.1 Å². The minimum absolute atomic E-state index is 0.310. The molecule has 2 N–H and O–H groups in total. The number of nitrogens with zero attached hydrogens (tertiary/aromatic N) is 7. The summed E-state index contributed by atoms with van der Waals surface area (Å²) in [5.41, 5.74) is 2.86. The van der Waals surface area contributed by atoms with E-state index in [1.807, 2.05) is 34.7 Å². The molecule has 1 atom stereocenters. The number of rotatable bonds is 9. The summed E-state index contributed by atoms with van der Waals surface area (Å²) in [7, 11) is 8.90. The summed E-state index contributed by atoms with van der Waals surface area (Å²) in [4.78, 5) is 4.44. The van der Waals surface area contributed by atoms with E-state index in [9.17, 15) is 9.65 Å². The Morgan fingerprint density at radius 3 is 2.73 bits per heavy atom. The number of aromatic nitrogens is 6. The number of benzene rings is 2. The number of hydrogen-bond acceptors (Lipinski definition) is 7. The molecule has 2 radical (unpaired) electrons. The van der Waals surface area contributed by atoms with Crippen molar-refractivity contribution in [1.82, 2.24) is 29.8 Å². The molecule has 12 heteroatoms. The molecule has 0 bridgehead atoms. The van der Waals surface area contributed by atoms with Gasteiger partial charge in [-0.15, -0.1) is 5.10 Å². The first-order valence-corrected chi connectivity index (χ1v) is 13.2. The van der Waals surface area contributed by atoms with E-state index in [1.54, 1.807) is 24.4 Å². The van der Waals surface area contributed by atoms with Crippen LogP contribution in [0, 0.1) is 17.1 Å². The highest BCUT2D eigenvalue weighted by molar-refractivity contribution is 6.36. The second kappa shape index (κ2) is 10.3. The van der Waals surface area contributed by atoms with Crippen molar-refractivity contribution in [3.05, 3.63) is 94.4 Å². The molecule has 6 rings (SSSR count). The highest BCUT2D eigenvalue weighted by Crippen LogP contribution is 2.38. The lowest BCUT2D eigenvalue weighted by Gasteiger charge is -2.32. The molecular formula is C28H24BClFN9. The Balaban J connectivity index is 1.40. The molecule has 5 aromatic rings. The maximum Gasteiger partial charge on any atom is 0.123 e. The summed E-state index contributed by atoms with van der Waals surface area (Å²) < 4.78 is 17.4. The van der Waals surface area contributed by atoms with Crippen molar-refractivity contribution in [1.29, 1.82) is 5.26 Å². The van der Waals surface area contributed by atoms with Crippen LogP contribution in [0.25, 0.3) is 10.9 Å². The Hall–Kier alpha value is -4.43. The molecule has 1 saturated carbocycles. The van der Waals surface area contributed by atoms with Gasteiger partial charge in [0.1, 0.15) is 25.4 Å². The Labute approximate surface area is 236 Å². The fourth-order valence-corrected chi connectivity index (χ4v) is 5.04. The summed E-state index contributed by atoms with van der Waals surface area (Å²) in [5.74, 6) is -0.376. The largest absolute Gasteiger partial charge is 0.383 e. The van der Waals surface area contributed by atoms with Crippen LogP contribution in [0.15, 0.2) is 61.1 Å².